The predicted molar refractivity (Wildman–Crippen MR) is 68.7 cm³/mol. The molecule has 17 heavy (non-hydrogen) atoms. The van der Waals surface area contributed by atoms with Crippen LogP contribution in [-0.4, -0.2) is 30.0 Å². The molecule has 2 rings (SSSR count). The van der Waals surface area contributed by atoms with E-state index in [1.54, 1.807) is 11.8 Å². The molecule has 0 spiro atoms. The Morgan fingerprint density at radius 3 is 3.06 bits per heavy atom. The van der Waals surface area contributed by atoms with Crippen molar-refractivity contribution >= 4 is 21.8 Å². The summed E-state index contributed by atoms with van der Waals surface area (Å²) < 4.78 is 6.59. The Hall–Kier alpha value is -1.07. The molecular weight excluding hydrogens is 284 g/mol. The van der Waals surface area contributed by atoms with Crippen LogP contribution in [0.15, 0.2) is 22.7 Å². The molecule has 2 N–H and O–H groups in total. The van der Waals surface area contributed by atoms with Crippen molar-refractivity contribution in [3.63, 3.8) is 0 Å². The standard InChI is InChI=1S/C12H15BrN2O2/c1-8(14)12(16)15-4-5-17-11-3-2-10(13)6-9(11)7-15/h2-3,6,8H,4-5,7,14H2,1H3/t8-/m0/s1. The van der Waals surface area contributed by atoms with Crippen molar-refractivity contribution in [2.45, 2.75) is 19.5 Å². The molecule has 1 aromatic rings. The third-order valence-corrected chi connectivity index (χ3v) is 3.20. The Morgan fingerprint density at radius 2 is 2.35 bits per heavy atom. The van der Waals surface area contributed by atoms with Crippen LogP contribution in [0, 0.1) is 0 Å². The first-order valence-corrected chi connectivity index (χ1v) is 6.33. The average Bonchev–Trinajstić information content (AvgIpc) is 2.49. The monoisotopic (exact) mass is 298 g/mol. The highest BCUT2D eigenvalue weighted by atomic mass is 79.9. The number of ether oxygens (including phenoxy) is 1. The van der Waals surface area contributed by atoms with Crippen LogP contribution >= 0.6 is 15.9 Å². The van der Waals surface area contributed by atoms with Gasteiger partial charge in [-0.15, -0.1) is 0 Å². The minimum Gasteiger partial charge on any atom is -0.491 e. The van der Waals surface area contributed by atoms with Crippen LogP contribution < -0.4 is 10.5 Å². The highest BCUT2D eigenvalue weighted by molar-refractivity contribution is 9.10. The van der Waals surface area contributed by atoms with E-state index >= 15 is 0 Å². The molecular formula is C12H15BrN2O2. The summed E-state index contributed by atoms with van der Waals surface area (Å²) >= 11 is 3.42. The van der Waals surface area contributed by atoms with Crippen molar-refractivity contribution in [3.05, 3.63) is 28.2 Å². The molecule has 1 heterocycles. The molecule has 0 saturated heterocycles. The topological polar surface area (TPSA) is 55.6 Å². The summed E-state index contributed by atoms with van der Waals surface area (Å²) in [4.78, 5) is 13.6. The maximum Gasteiger partial charge on any atom is 0.239 e. The van der Waals surface area contributed by atoms with Crippen LogP contribution in [0.3, 0.4) is 0 Å². The van der Waals surface area contributed by atoms with Gasteiger partial charge in [-0.1, -0.05) is 15.9 Å². The molecule has 1 atom stereocenters. The quantitative estimate of drug-likeness (QED) is 0.855. The number of nitrogens with two attached hydrogens (primary N) is 1. The molecule has 4 nitrogen and oxygen atoms in total. The number of nitrogens with zero attached hydrogens (tertiary/aromatic N) is 1. The zero-order chi connectivity index (χ0) is 12.4. The van der Waals surface area contributed by atoms with E-state index in [9.17, 15) is 4.79 Å². The molecule has 1 aliphatic heterocycles. The highest BCUT2D eigenvalue weighted by Gasteiger charge is 2.21. The van der Waals surface area contributed by atoms with Gasteiger partial charge < -0.3 is 15.4 Å². The van der Waals surface area contributed by atoms with Crippen molar-refractivity contribution in [1.29, 1.82) is 0 Å². The Bertz CT molecular complexity index is 435. The normalized spacial score (nSPS) is 16.8. The van der Waals surface area contributed by atoms with Crippen molar-refractivity contribution in [3.8, 4) is 5.75 Å². The van der Waals surface area contributed by atoms with E-state index in [-0.39, 0.29) is 5.91 Å². The molecule has 0 saturated carbocycles. The van der Waals surface area contributed by atoms with E-state index in [4.69, 9.17) is 10.5 Å². The van der Waals surface area contributed by atoms with E-state index in [0.29, 0.717) is 19.7 Å². The number of amides is 1. The van der Waals surface area contributed by atoms with Gasteiger partial charge >= 0.3 is 0 Å². The summed E-state index contributed by atoms with van der Waals surface area (Å²) in [5, 5.41) is 0. The summed E-state index contributed by atoms with van der Waals surface area (Å²) in [5.41, 5.74) is 6.63. The summed E-state index contributed by atoms with van der Waals surface area (Å²) in [6.45, 7) is 3.34. The molecule has 5 heteroatoms. The average molecular weight is 299 g/mol. The lowest BCUT2D eigenvalue weighted by Gasteiger charge is -2.21. The zero-order valence-electron chi connectivity index (χ0n) is 9.65. The first-order chi connectivity index (χ1) is 8.08. The minimum absolute atomic E-state index is 0.0403. The van der Waals surface area contributed by atoms with Gasteiger partial charge in [0.15, 0.2) is 0 Å². The molecule has 0 bridgehead atoms. The molecule has 0 aliphatic carbocycles. The number of benzene rings is 1. The van der Waals surface area contributed by atoms with Gasteiger partial charge in [0.05, 0.1) is 12.6 Å². The van der Waals surface area contributed by atoms with Crippen molar-refractivity contribution < 1.29 is 9.53 Å². The van der Waals surface area contributed by atoms with E-state index in [2.05, 4.69) is 15.9 Å². The minimum atomic E-state index is -0.469. The van der Waals surface area contributed by atoms with Crippen molar-refractivity contribution in [2.75, 3.05) is 13.2 Å². The lowest BCUT2D eigenvalue weighted by atomic mass is 10.2. The Kier molecular flexibility index (Phi) is 3.69. The van der Waals surface area contributed by atoms with Gasteiger partial charge in [0, 0.05) is 16.6 Å². The van der Waals surface area contributed by atoms with Crippen LogP contribution in [-0.2, 0) is 11.3 Å². The fourth-order valence-electron chi connectivity index (χ4n) is 1.84. The molecule has 1 amide bonds. The molecule has 1 aliphatic rings. The summed E-state index contributed by atoms with van der Waals surface area (Å²) in [7, 11) is 0. The molecule has 0 unspecified atom stereocenters. The Balaban J connectivity index is 2.24. The van der Waals surface area contributed by atoms with Gasteiger partial charge in [-0.25, -0.2) is 0 Å². The van der Waals surface area contributed by atoms with Gasteiger partial charge in [0.25, 0.3) is 0 Å². The Labute approximate surface area is 109 Å². The number of rotatable bonds is 1. The Morgan fingerprint density at radius 1 is 1.59 bits per heavy atom. The fraction of sp³-hybridized carbons (Fsp3) is 0.417. The second-order valence-corrected chi connectivity index (χ2v) is 5.06. The smallest absolute Gasteiger partial charge is 0.239 e. The lowest BCUT2D eigenvalue weighted by Crippen LogP contribution is -2.42. The molecule has 0 aromatic heterocycles. The molecule has 0 fully saturated rings. The first kappa shape index (κ1) is 12.4. The SMILES string of the molecule is C[C@H](N)C(=O)N1CCOc2ccc(Br)cc2C1. The number of halogens is 1. The van der Waals surface area contributed by atoms with Gasteiger partial charge in [-0.05, 0) is 25.1 Å². The second-order valence-electron chi connectivity index (χ2n) is 4.15. The number of fused-ring (bicyclic) bond motifs is 1. The van der Waals surface area contributed by atoms with Crippen LogP contribution in [0.4, 0.5) is 0 Å². The third-order valence-electron chi connectivity index (χ3n) is 2.70. The van der Waals surface area contributed by atoms with Crippen LogP contribution in [0.5, 0.6) is 5.75 Å². The number of carbonyl (C=O) groups excluding carboxylic acids is 1. The number of hydrogen-bond donors (Lipinski definition) is 1. The fourth-order valence-corrected chi connectivity index (χ4v) is 2.25. The second kappa shape index (κ2) is 5.06. The van der Waals surface area contributed by atoms with E-state index in [1.807, 2.05) is 18.2 Å². The van der Waals surface area contributed by atoms with Gasteiger partial charge in [0.1, 0.15) is 12.4 Å². The highest BCUT2D eigenvalue weighted by Crippen LogP contribution is 2.26. The largest absolute Gasteiger partial charge is 0.491 e. The van der Waals surface area contributed by atoms with Gasteiger partial charge in [0.2, 0.25) is 5.91 Å². The summed E-state index contributed by atoms with van der Waals surface area (Å²) in [6, 6.07) is 5.35. The van der Waals surface area contributed by atoms with Crippen molar-refractivity contribution in [2.24, 2.45) is 5.73 Å². The van der Waals surface area contributed by atoms with E-state index in [1.165, 1.54) is 0 Å². The van der Waals surface area contributed by atoms with Gasteiger partial charge in [-0.2, -0.15) is 0 Å². The number of hydrogen-bond acceptors (Lipinski definition) is 3. The maximum absolute atomic E-state index is 11.9. The summed E-state index contributed by atoms with van der Waals surface area (Å²) in [6.07, 6.45) is 0. The van der Waals surface area contributed by atoms with Crippen LogP contribution in [0.2, 0.25) is 0 Å². The van der Waals surface area contributed by atoms with Crippen LogP contribution in [0.25, 0.3) is 0 Å². The first-order valence-electron chi connectivity index (χ1n) is 5.53. The third kappa shape index (κ3) is 2.79. The van der Waals surface area contributed by atoms with Gasteiger partial charge in [-0.3, -0.25) is 4.79 Å². The molecule has 1 aromatic carbocycles. The summed E-state index contributed by atoms with van der Waals surface area (Å²) in [5.74, 6) is 0.801. The van der Waals surface area contributed by atoms with Crippen LogP contribution in [0.1, 0.15) is 12.5 Å². The molecule has 92 valence electrons. The number of carbonyl (C=O) groups is 1. The lowest BCUT2D eigenvalue weighted by molar-refractivity contribution is -0.132. The zero-order valence-corrected chi connectivity index (χ0v) is 11.2. The molecule has 0 radical (unpaired) electrons. The van der Waals surface area contributed by atoms with Crippen molar-refractivity contribution in [1.82, 2.24) is 4.90 Å². The maximum atomic E-state index is 11.9. The van der Waals surface area contributed by atoms with E-state index < -0.39 is 6.04 Å². The van der Waals surface area contributed by atoms with E-state index in [0.717, 1.165) is 15.8 Å². The predicted octanol–water partition coefficient (Wildman–Crippen LogP) is 1.52.